The van der Waals surface area contributed by atoms with Crippen molar-refractivity contribution in [3.05, 3.63) is 11.6 Å². The predicted octanol–water partition coefficient (Wildman–Crippen LogP) is 3.55. The molecule has 0 aromatic heterocycles. The Morgan fingerprint density at radius 1 is 1.42 bits per heavy atom. The molecule has 72 valence electrons. The van der Waals surface area contributed by atoms with Crippen molar-refractivity contribution in [1.29, 1.82) is 0 Å². The van der Waals surface area contributed by atoms with E-state index < -0.39 is 0 Å². The third-order valence-corrected chi connectivity index (χ3v) is 1.84. The quantitative estimate of drug-likeness (QED) is 0.554. The average molecular weight is 170 g/mol. The molecule has 0 fully saturated rings. The Morgan fingerprint density at radius 2 is 2.08 bits per heavy atom. The second kappa shape index (κ2) is 7.35. The first-order valence-electron chi connectivity index (χ1n) is 4.91. The van der Waals surface area contributed by atoms with Crippen LogP contribution in [0.2, 0.25) is 0 Å². The van der Waals surface area contributed by atoms with Crippen molar-refractivity contribution in [3.8, 4) is 0 Å². The maximum atomic E-state index is 5.58. The number of hydrogen-bond acceptors (Lipinski definition) is 1. The van der Waals surface area contributed by atoms with Crippen LogP contribution in [0, 0.1) is 0 Å². The molecule has 12 heavy (non-hydrogen) atoms. The summed E-state index contributed by atoms with van der Waals surface area (Å²) in [5, 5.41) is 0. The fraction of sp³-hybridized carbons (Fsp3) is 0.818. The van der Waals surface area contributed by atoms with Crippen LogP contribution in [0.25, 0.3) is 0 Å². The SMILES string of the molecule is CCCCC(C)OCC=C(C)C. The molecule has 0 saturated heterocycles. The molecule has 1 nitrogen and oxygen atoms in total. The van der Waals surface area contributed by atoms with Gasteiger partial charge < -0.3 is 4.74 Å². The monoisotopic (exact) mass is 170 g/mol. The normalized spacial score (nSPS) is 12.7. The summed E-state index contributed by atoms with van der Waals surface area (Å²) >= 11 is 0. The van der Waals surface area contributed by atoms with E-state index in [2.05, 4.69) is 33.8 Å². The molecule has 0 radical (unpaired) electrons. The van der Waals surface area contributed by atoms with E-state index in [1.807, 2.05) is 0 Å². The van der Waals surface area contributed by atoms with Crippen LogP contribution >= 0.6 is 0 Å². The van der Waals surface area contributed by atoms with E-state index in [0.29, 0.717) is 6.10 Å². The van der Waals surface area contributed by atoms with Crippen molar-refractivity contribution in [1.82, 2.24) is 0 Å². The van der Waals surface area contributed by atoms with Gasteiger partial charge in [0.05, 0.1) is 12.7 Å². The Labute approximate surface area is 76.8 Å². The fourth-order valence-corrected chi connectivity index (χ4v) is 0.954. The molecule has 0 bridgehead atoms. The number of rotatable bonds is 6. The first-order chi connectivity index (χ1) is 5.66. The molecule has 1 heteroatoms. The first-order valence-corrected chi connectivity index (χ1v) is 4.91. The highest BCUT2D eigenvalue weighted by molar-refractivity contribution is 4.92. The lowest BCUT2D eigenvalue weighted by Crippen LogP contribution is -2.07. The van der Waals surface area contributed by atoms with Gasteiger partial charge in [-0.3, -0.25) is 0 Å². The summed E-state index contributed by atoms with van der Waals surface area (Å²) in [6.45, 7) is 9.32. The van der Waals surface area contributed by atoms with E-state index in [1.165, 1.54) is 24.8 Å². The van der Waals surface area contributed by atoms with Crippen LogP contribution in [0.3, 0.4) is 0 Å². The minimum Gasteiger partial charge on any atom is -0.374 e. The molecule has 0 aromatic rings. The Bertz CT molecular complexity index is 123. The second-order valence-electron chi connectivity index (χ2n) is 3.57. The molecule has 1 unspecified atom stereocenters. The molecule has 0 aliphatic heterocycles. The Kier molecular flexibility index (Phi) is 7.17. The molecule has 0 saturated carbocycles. The van der Waals surface area contributed by atoms with Gasteiger partial charge >= 0.3 is 0 Å². The van der Waals surface area contributed by atoms with Crippen molar-refractivity contribution in [2.24, 2.45) is 0 Å². The van der Waals surface area contributed by atoms with Crippen LogP contribution < -0.4 is 0 Å². The fourth-order valence-electron chi connectivity index (χ4n) is 0.954. The van der Waals surface area contributed by atoms with Gasteiger partial charge in [-0.15, -0.1) is 0 Å². The number of hydrogen-bond donors (Lipinski definition) is 0. The average Bonchev–Trinajstić information content (AvgIpc) is 2.00. The Hall–Kier alpha value is -0.300. The summed E-state index contributed by atoms with van der Waals surface area (Å²) in [5.41, 5.74) is 1.33. The third-order valence-electron chi connectivity index (χ3n) is 1.84. The maximum absolute atomic E-state index is 5.58. The summed E-state index contributed by atoms with van der Waals surface area (Å²) in [6.07, 6.45) is 6.27. The summed E-state index contributed by atoms with van der Waals surface area (Å²) in [4.78, 5) is 0. The van der Waals surface area contributed by atoms with Crippen LogP contribution in [-0.4, -0.2) is 12.7 Å². The van der Waals surface area contributed by atoms with Gasteiger partial charge in [-0.2, -0.15) is 0 Å². The smallest absolute Gasteiger partial charge is 0.0653 e. The Morgan fingerprint density at radius 3 is 2.58 bits per heavy atom. The summed E-state index contributed by atoms with van der Waals surface area (Å²) in [5.74, 6) is 0. The van der Waals surface area contributed by atoms with Crippen molar-refractivity contribution < 1.29 is 4.74 Å². The minimum atomic E-state index is 0.417. The van der Waals surface area contributed by atoms with Crippen molar-refractivity contribution in [2.45, 2.75) is 53.1 Å². The van der Waals surface area contributed by atoms with Crippen molar-refractivity contribution >= 4 is 0 Å². The van der Waals surface area contributed by atoms with Gasteiger partial charge in [-0.05, 0) is 27.2 Å². The standard InChI is InChI=1S/C11H22O/c1-5-6-7-11(4)12-9-8-10(2)3/h8,11H,5-7,9H2,1-4H3. The van der Waals surface area contributed by atoms with Gasteiger partial charge in [0.2, 0.25) is 0 Å². The second-order valence-corrected chi connectivity index (χ2v) is 3.57. The Balaban J connectivity index is 3.31. The lowest BCUT2D eigenvalue weighted by molar-refractivity contribution is 0.0799. The zero-order valence-electron chi connectivity index (χ0n) is 8.89. The summed E-state index contributed by atoms with van der Waals surface area (Å²) in [6, 6.07) is 0. The van der Waals surface area contributed by atoms with Gasteiger partial charge in [0.25, 0.3) is 0 Å². The molecule has 0 spiro atoms. The highest BCUT2D eigenvalue weighted by Crippen LogP contribution is 2.04. The van der Waals surface area contributed by atoms with Gasteiger partial charge in [-0.1, -0.05) is 31.4 Å². The highest BCUT2D eigenvalue weighted by atomic mass is 16.5. The predicted molar refractivity (Wildman–Crippen MR) is 54.4 cm³/mol. The molecule has 0 aliphatic rings. The third kappa shape index (κ3) is 7.80. The van der Waals surface area contributed by atoms with Crippen LogP contribution in [-0.2, 0) is 4.74 Å². The number of allylic oxidation sites excluding steroid dienone is 1. The molecule has 1 atom stereocenters. The van der Waals surface area contributed by atoms with Gasteiger partial charge in [0.15, 0.2) is 0 Å². The van der Waals surface area contributed by atoms with Gasteiger partial charge in [-0.25, -0.2) is 0 Å². The van der Waals surface area contributed by atoms with Crippen LogP contribution in [0.1, 0.15) is 47.0 Å². The van der Waals surface area contributed by atoms with Crippen LogP contribution in [0.15, 0.2) is 11.6 Å². The van der Waals surface area contributed by atoms with Crippen molar-refractivity contribution in [3.63, 3.8) is 0 Å². The minimum absolute atomic E-state index is 0.417. The maximum Gasteiger partial charge on any atom is 0.0653 e. The summed E-state index contributed by atoms with van der Waals surface area (Å²) < 4.78 is 5.58. The number of unbranched alkanes of at least 4 members (excludes halogenated alkanes) is 1. The topological polar surface area (TPSA) is 9.23 Å². The molecular formula is C11H22O. The van der Waals surface area contributed by atoms with E-state index in [0.717, 1.165) is 6.61 Å². The summed E-state index contributed by atoms with van der Waals surface area (Å²) in [7, 11) is 0. The molecular weight excluding hydrogens is 148 g/mol. The van der Waals surface area contributed by atoms with Crippen LogP contribution in [0.5, 0.6) is 0 Å². The van der Waals surface area contributed by atoms with Gasteiger partial charge in [0.1, 0.15) is 0 Å². The lowest BCUT2D eigenvalue weighted by Gasteiger charge is -2.10. The van der Waals surface area contributed by atoms with Crippen LogP contribution in [0.4, 0.5) is 0 Å². The van der Waals surface area contributed by atoms with E-state index in [4.69, 9.17) is 4.74 Å². The molecule has 0 aromatic carbocycles. The lowest BCUT2D eigenvalue weighted by atomic mass is 10.2. The zero-order valence-corrected chi connectivity index (χ0v) is 8.89. The van der Waals surface area contributed by atoms with Crippen molar-refractivity contribution in [2.75, 3.05) is 6.61 Å². The van der Waals surface area contributed by atoms with E-state index in [9.17, 15) is 0 Å². The molecule has 0 amide bonds. The molecule has 0 rings (SSSR count). The zero-order chi connectivity index (χ0) is 9.40. The van der Waals surface area contributed by atoms with E-state index in [1.54, 1.807) is 0 Å². The molecule has 0 N–H and O–H groups in total. The number of ether oxygens (including phenoxy) is 1. The van der Waals surface area contributed by atoms with E-state index in [-0.39, 0.29) is 0 Å². The van der Waals surface area contributed by atoms with Gasteiger partial charge in [0, 0.05) is 0 Å². The highest BCUT2D eigenvalue weighted by Gasteiger charge is 1.98. The first kappa shape index (κ1) is 11.7. The van der Waals surface area contributed by atoms with E-state index >= 15 is 0 Å². The largest absolute Gasteiger partial charge is 0.374 e. The molecule has 0 aliphatic carbocycles. The molecule has 0 heterocycles.